The van der Waals surface area contributed by atoms with Crippen LogP contribution >= 0.6 is 0 Å². The number of nitrogens with zero attached hydrogens (tertiary/aromatic N) is 1. The summed E-state index contributed by atoms with van der Waals surface area (Å²) in [5, 5.41) is 12.0. The van der Waals surface area contributed by atoms with E-state index in [1.807, 2.05) is 13.8 Å². The summed E-state index contributed by atoms with van der Waals surface area (Å²) in [6.45, 7) is 5.60. The van der Waals surface area contributed by atoms with Gasteiger partial charge in [0, 0.05) is 6.42 Å². The zero-order chi connectivity index (χ0) is 11.7. The number of primary amides is 1. The molecule has 0 rings (SSSR count). The van der Waals surface area contributed by atoms with Crippen molar-refractivity contribution in [2.24, 2.45) is 11.1 Å². The minimum atomic E-state index is -0.248. The zero-order valence-electron chi connectivity index (χ0n) is 9.68. The lowest BCUT2D eigenvalue weighted by molar-refractivity contribution is -0.118. The predicted molar refractivity (Wildman–Crippen MR) is 59.9 cm³/mol. The van der Waals surface area contributed by atoms with Crippen molar-refractivity contribution in [1.82, 2.24) is 5.32 Å². The van der Waals surface area contributed by atoms with E-state index in [9.17, 15) is 4.79 Å². The maximum Gasteiger partial charge on any atom is 0.217 e. The highest BCUT2D eigenvalue weighted by Crippen LogP contribution is 2.19. The number of carbonyl (C=O) groups excluding carboxylic acids is 1. The monoisotopic (exact) mass is 211 g/mol. The van der Waals surface area contributed by atoms with Gasteiger partial charge in [0.1, 0.15) is 0 Å². The Balaban J connectivity index is 3.26. The summed E-state index contributed by atoms with van der Waals surface area (Å²) in [5.41, 5.74) is 4.78. The quantitative estimate of drug-likeness (QED) is 0.591. The molecule has 0 aromatic heterocycles. The Hall–Kier alpha value is -1.08. The van der Waals surface area contributed by atoms with Crippen molar-refractivity contribution in [1.29, 1.82) is 5.26 Å². The van der Waals surface area contributed by atoms with Crippen LogP contribution in [0, 0.1) is 16.7 Å². The van der Waals surface area contributed by atoms with E-state index in [-0.39, 0.29) is 11.3 Å². The van der Waals surface area contributed by atoms with E-state index >= 15 is 0 Å². The Morgan fingerprint density at radius 1 is 1.40 bits per heavy atom. The molecule has 0 aliphatic heterocycles. The normalized spacial score (nSPS) is 11.0. The molecular weight excluding hydrogens is 190 g/mol. The molecule has 0 spiro atoms. The third kappa shape index (κ3) is 9.23. The average molecular weight is 211 g/mol. The van der Waals surface area contributed by atoms with Gasteiger partial charge in [0.25, 0.3) is 0 Å². The molecule has 0 aliphatic rings. The van der Waals surface area contributed by atoms with Gasteiger partial charge in [0.2, 0.25) is 5.91 Å². The van der Waals surface area contributed by atoms with Crippen LogP contribution < -0.4 is 11.1 Å². The van der Waals surface area contributed by atoms with Crippen molar-refractivity contribution in [2.75, 3.05) is 13.1 Å². The maximum atomic E-state index is 10.4. The van der Waals surface area contributed by atoms with Crippen LogP contribution in [0.2, 0.25) is 0 Å². The second-order valence-electron chi connectivity index (χ2n) is 4.42. The highest BCUT2D eigenvalue weighted by Gasteiger charge is 2.14. The lowest BCUT2D eigenvalue weighted by Crippen LogP contribution is -2.20. The Morgan fingerprint density at radius 2 is 2.00 bits per heavy atom. The summed E-state index contributed by atoms with van der Waals surface area (Å²) in [5.74, 6) is -0.248. The molecule has 86 valence electrons. The fourth-order valence-electron chi connectivity index (χ4n) is 1.22. The summed E-state index contributed by atoms with van der Waals surface area (Å²) < 4.78 is 0. The third-order valence-electron chi connectivity index (χ3n) is 2.23. The van der Waals surface area contributed by atoms with Gasteiger partial charge in [-0.15, -0.1) is 0 Å². The minimum Gasteiger partial charge on any atom is -0.370 e. The van der Waals surface area contributed by atoms with Gasteiger partial charge in [-0.1, -0.05) is 0 Å². The van der Waals surface area contributed by atoms with Gasteiger partial charge in [-0.05, 0) is 46.2 Å². The second kappa shape index (κ2) is 7.24. The van der Waals surface area contributed by atoms with Crippen LogP contribution in [0.3, 0.4) is 0 Å². The van der Waals surface area contributed by atoms with E-state index in [1.165, 1.54) is 0 Å². The van der Waals surface area contributed by atoms with Crippen molar-refractivity contribution < 1.29 is 4.79 Å². The van der Waals surface area contributed by atoms with Crippen LogP contribution in [-0.4, -0.2) is 19.0 Å². The molecule has 0 aromatic rings. The largest absolute Gasteiger partial charge is 0.370 e. The first-order chi connectivity index (χ1) is 6.98. The van der Waals surface area contributed by atoms with E-state index < -0.39 is 0 Å². The number of nitriles is 1. The first-order valence-electron chi connectivity index (χ1n) is 5.38. The summed E-state index contributed by atoms with van der Waals surface area (Å²) in [7, 11) is 0. The summed E-state index contributed by atoms with van der Waals surface area (Å²) in [6.07, 6.45) is 3.11. The molecule has 0 aromatic carbocycles. The van der Waals surface area contributed by atoms with Crippen LogP contribution in [-0.2, 0) is 4.79 Å². The van der Waals surface area contributed by atoms with Crippen molar-refractivity contribution >= 4 is 5.91 Å². The summed E-state index contributed by atoms with van der Waals surface area (Å²) >= 11 is 0. The van der Waals surface area contributed by atoms with Gasteiger partial charge in [-0.25, -0.2) is 0 Å². The Morgan fingerprint density at radius 3 is 2.53 bits per heavy atom. The van der Waals surface area contributed by atoms with E-state index in [0.717, 1.165) is 32.4 Å². The van der Waals surface area contributed by atoms with Crippen LogP contribution in [0.25, 0.3) is 0 Å². The van der Waals surface area contributed by atoms with Crippen molar-refractivity contribution in [3.8, 4) is 6.07 Å². The number of carbonyl (C=O) groups is 1. The molecular formula is C11H21N3O. The smallest absolute Gasteiger partial charge is 0.217 e. The molecule has 1 amide bonds. The Labute approximate surface area is 91.8 Å². The first kappa shape index (κ1) is 13.9. The molecule has 0 saturated heterocycles. The molecule has 3 N–H and O–H groups in total. The highest BCUT2D eigenvalue weighted by atomic mass is 16.1. The number of nitrogens with one attached hydrogen (secondary N) is 1. The molecule has 0 unspecified atom stereocenters. The van der Waals surface area contributed by atoms with Gasteiger partial charge < -0.3 is 11.1 Å². The maximum absolute atomic E-state index is 10.4. The average Bonchev–Trinajstić information content (AvgIpc) is 2.16. The zero-order valence-corrected chi connectivity index (χ0v) is 9.68. The standard InChI is InChI=1S/C11H21N3O/c1-11(2,9-12)6-4-8-14-7-3-5-10(13)15/h14H,3-8H2,1-2H3,(H2,13,15). The molecule has 0 radical (unpaired) electrons. The summed E-state index contributed by atoms with van der Waals surface area (Å²) in [6, 6.07) is 2.27. The molecule has 4 heteroatoms. The van der Waals surface area contributed by atoms with E-state index in [0.29, 0.717) is 6.42 Å². The molecule has 0 fully saturated rings. The van der Waals surface area contributed by atoms with Crippen molar-refractivity contribution in [3.05, 3.63) is 0 Å². The van der Waals surface area contributed by atoms with E-state index in [1.54, 1.807) is 0 Å². The number of hydrogen-bond acceptors (Lipinski definition) is 3. The highest BCUT2D eigenvalue weighted by molar-refractivity contribution is 5.73. The Kier molecular flexibility index (Phi) is 6.72. The molecule has 0 heterocycles. The number of amides is 1. The second-order valence-corrected chi connectivity index (χ2v) is 4.42. The van der Waals surface area contributed by atoms with Gasteiger partial charge in [-0.2, -0.15) is 5.26 Å². The van der Waals surface area contributed by atoms with Gasteiger partial charge in [0.15, 0.2) is 0 Å². The lowest BCUT2D eigenvalue weighted by atomic mass is 9.90. The van der Waals surface area contributed by atoms with Crippen LogP contribution in [0.1, 0.15) is 39.5 Å². The van der Waals surface area contributed by atoms with Crippen LogP contribution in [0.4, 0.5) is 0 Å². The van der Waals surface area contributed by atoms with Gasteiger partial charge in [0.05, 0.1) is 11.5 Å². The molecule has 0 bridgehead atoms. The van der Waals surface area contributed by atoms with Crippen LogP contribution in [0.15, 0.2) is 0 Å². The minimum absolute atomic E-state index is 0.227. The summed E-state index contributed by atoms with van der Waals surface area (Å²) in [4.78, 5) is 10.4. The predicted octanol–water partition coefficient (Wildman–Crippen LogP) is 1.17. The molecule has 0 atom stereocenters. The topological polar surface area (TPSA) is 78.9 Å². The SMILES string of the molecule is CC(C)(C#N)CCCNCCCC(N)=O. The molecule has 0 aliphatic carbocycles. The fraction of sp³-hybridized carbons (Fsp3) is 0.818. The van der Waals surface area contributed by atoms with E-state index in [4.69, 9.17) is 11.0 Å². The van der Waals surface area contributed by atoms with Gasteiger partial charge in [-0.3, -0.25) is 4.79 Å². The van der Waals surface area contributed by atoms with Crippen molar-refractivity contribution in [3.63, 3.8) is 0 Å². The lowest BCUT2D eigenvalue weighted by Gasteiger charge is -2.14. The fourth-order valence-corrected chi connectivity index (χ4v) is 1.22. The molecule has 15 heavy (non-hydrogen) atoms. The first-order valence-corrected chi connectivity index (χ1v) is 5.38. The number of nitrogens with two attached hydrogens (primary N) is 1. The molecule has 0 saturated carbocycles. The third-order valence-corrected chi connectivity index (χ3v) is 2.23. The Bertz CT molecular complexity index is 230. The van der Waals surface area contributed by atoms with Crippen molar-refractivity contribution in [2.45, 2.75) is 39.5 Å². The molecule has 4 nitrogen and oxygen atoms in total. The van der Waals surface area contributed by atoms with Crippen LogP contribution in [0.5, 0.6) is 0 Å². The van der Waals surface area contributed by atoms with Gasteiger partial charge >= 0.3 is 0 Å². The van der Waals surface area contributed by atoms with E-state index in [2.05, 4.69) is 11.4 Å². The number of hydrogen-bond donors (Lipinski definition) is 2. The number of rotatable bonds is 8.